The molecule has 1 aromatic rings. The zero-order valence-electron chi connectivity index (χ0n) is 16.9. The van der Waals surface area contributed by atoms with Crippen LogP contribution in [0.1, 0.15) is 57.7 Å². The minimum absolute atomic E-state index is 0.108. The molecule has 27 heavy (non-hydrogen) atoms. The van der Waals surface area contributed by atoms with Gasteiger partial charge in [-0.1, -0.05) is 51.0 Å². The van der Waals surface area contributed by atoms with Crippen molar-refractivity contribution in [2.45, 2.75) is 59.3 Å². The molecule has 1 unspecified atom stereocenters. The molecule has 1 aliphatic carbocycles. The van der Waals surface area contributed by atoms with Crippen molar-refractivity contribution in [1.82, 2.24) is 4.90 Å². The quantitative estimate of drug-likeness (QED) is 0.320. The van der Waals surface area contributed by atoms with Crippen LogP contribution in [0.2, 0.25) is 0 Å². The molecule has 0 aromatic heterocycles. The van der Waals surface area contributed by atoms with E-state index >= 15 is 0 Å². The van der Waals surface area contributed by atoms with Gasteiger partial charge in [0.1, 0.15) is 0 Å². The summed E-state index contributed by atoms with van der Waals surface area (Å²) >= 11 is 0. The number of nitrogens with zero attached hydrogens (tertiary/aromatic N) is 1. The van der Waals surface area contributed by atoms with Crippen molar-refractivity contribution >= 4 is 12.1 Å². The van der Waals surface area contributed by atoms with Gasteiger partial charge in [-0.15, -0.1) is 19.6 Å². The van der Waals surface area contributed by atoms with Crippen LogP contribution < -0.4 is 0 Å². The molecule has 5 heteroatoms. The Labute approximate surface area is 163 Å². The molecule has 1 aliphatic rings. The number of ether oxygens (including phenoxy) is 2. The summed E-state index contributed by atoms with van der Waals surface area (Å²) in [5.41, 5.74) is 2.32. The van der Waals surface area contributed by atoms with E-state index in [0.717, 1.165) is 18.4 Å². The standard InChI is InChI=1S/C18H21NO4.C2H6.C2H4/c1-4-12-19(18(21)23-13(3)22-17(20)5-2)16-11-10-14-8-6-7-9-15(14)16;2*1-2/h1,6-9,13,16H,5,10-12H2,2-3H3;1-2H3;1-2H2/t13?,16-;;/m1../s1. The van der Waals surface area contributed by atoms with Crippen molar-refractivity contribution < 1.29 is 19.1 Å². The topological polar surface area (TPSA) is 55.8 Å². The highest BCUT2D eigenvalue weighted by molar-refractivity contribution is 5.71. The second-order valence-electron chi connectivity index (χ2n) is 5.38. The number of terminal acetylenes is 1. The molecule has 0 N–H and O–H groups in total. The van der Waals surface area contributed by atoms with Gasteiger partial charge in [0.25, 0.3) is 0 Å². The number of amides is 1. The van der Waals surface area contributed by atoms with Gasteiger partial charge in [-0.3, -0.25) is 9.69 Å². The van der Waals surface area contributed by atoms with Crippen LogP contribution >= 0.6 is 0 Å². The van der Waals surface area contributed by atoms with Gasteiger partial charge in [-0.05, 0) is 24.0 Å². The first kappa shape index (κ1) is 24.3. The van der Waals surface area contributed by atoms with E-state index in [1.165, 1.54) is 17.4 Å². The number of aryl methyl sites for hydroxylation is 1. The van der Waals surface area contributed by atoms with Crippen LogP contribution in [-0.2, 0) is 20.7 Å². The molecule has 0 aliphatic heterocycles. The number of fused-ring (bicyclic) bond motifs is 1. The predicted molar refractivity (Wildman–Crippen MR) is 108 cm³/mol. The lowest BCUT2D eigenvalue weighted by Gasteiger charge is -2.28. The van der Waals surface area contributed by atoms with E-state index in [4.69, 9.17) is 15.9 Å². The van der Waals surface area contributed by atoms with Crippen molar-refractivity contribution in [3.8, 4) is 12.3 Å². The molecule has 5 nitrogen and oxygen atoms in total. The Bertz CT molecular complexity index is 635. The number of carbonyl (C=O) groups is 2. The lowest BCUT2D eigenvalue weighted by atomic mass is 10.1. The lowest BCUT2D eigenvalue weighted by molar-refractivity contribution is -0.165. The maximum atomic E-state index is 12.4. The van der Waals surface area contributed by atoms with Crippen molar-refractivity contribution in [2.24, 2.45) is 0 Å². The molecule has 1 aromatic carbocycles. The van der Waals surface area contributed by atoms with Crippen molar-refractivity contribution in [2.75, 3.05) is 6.54 Å². The molecule has 0 saturated heterocycles. The van der Waals surface area contributed by atoms with E-state index in [0.29, 0.717) is 0 Å². The summed E-state index contributed by atoms with van der Waals surface area (Å²) in [4.78, 5) is 25.2. The molecule has 0 bridgehead atoms. The van der Waals surface area contributed by atoms with Gasteiger partial charge in [0, 0.05) is 13.3 Å². The van der Waals surface area contributed by atoms with Crippen LogP contribution in [0.4, 0.5) is 4.79 Å². The van der Waals surface area contributed by atoms with E-state index in [2.05, 4.69) is 25.1 Å². The van der Waals surface area contributed by atoms with E-state index in [1.807, 2.05) is 32.0 Å². The monoisotopic (exact) mass is 373 g/mol. The number of benzene rings is 1. The summed E-state index contributed by atoms with van der Waals surface area (Å²) < 4.78 is 10.2. The summed E-state index contributed by atoms with van der Waals surface area (Å²) in [6.07, 6.45) is 5.83. The molecule has 148 valence electrons. The maximum absolute atomic E-state index is 12.4. The molecule has 0 radical (unpaired) electrons. The summed E-state index contributed by atoms with van der Waals surface area (Å²) in [5.74, 6) is 2.08. The van der Waals surface area contributed by atoms with Gasteiger partial charge < -0.3 is 9.47 Å². The molecule has 0 fully saturated rings. The first-order valence-corrected chi connectivity index (χ1v) is 9.24. The Morgan fingerprint density at radius 1 is 1.30 bits per heavy atom. The fraction of sp³-hybridized carbons (Fsp3) is 0.455. The predicted octanol–water partition coefficient (Wildman–Crippen LogP) is 4.87. The number of rotatable bonds is 5. The maximum Gasteiger partial charge on any atom is 0.414 e. The molecule has 2 rings (SSSR count). The van der Waals surface area contributed by atoms with Crippen LogP contribution in [0, 0.1) is 12.3 Å². The number of hydrogen-bond donors (Lipinski definition) is 0. The Morgan fingerprint density at radius 2 is 1.93 bits per heavy atom. The second kappa shape index (κ2) is 13.5. The van der Waals surface area contributed by atoms with Crippen LogP contribution in [0.5, 0.6) is 0 Å². The van der Waals surface area contributed by atoms with Gasteiger partial charge in [0.15, 0.2) is 0 Å². The molecular formula is C22H31NO4. The van der Waals surface area contributed by atoms with Gasteiger partial charge in [0.2, 0.25) is 6.29 Å². The molecule has 2 atom stereocenters. The number of esters is 1. The minimum atomic E-state index is -0.938. The largest absolute Gasteiger partial charge is 0.425 e. The third-order valence-electron chi connectivity index (χ3n) is 3.83. The third-order valence-corrected chi connectivity index (χ3v) is 3.83. The SMILES string of the molecule is C#CCN(C(=O)OC(C)OC(=O)CC)[C@@H]1CCc2ccccc21.C=C.CC. The van der Waals surface area contributed by atoms with Crippen LogP contribution in [-0.4, -0.2) is 29.8 Å². The highest BCUT2D eigenvalue weighted by atomic mass is 16.7. The zero-order chi connectivity index (χ0) is 20.8. The number of carbonyl (C=O) groups excluding carboxylic acids is 2. The first-order chi connectivity index (χ1) is 13.1. The normalized spacial score (nSPS) is 14.7. The van der Waals surface area contributed by atoms with E-state index < -0.39 is 18.4 Å². The Morgan fingerprint density at radius 3 is 2.52 bits per heavy atom. The fourth-order valence-electron chi connectivity index (χ4n) is 2.76. The highest BCUT2D eigenvalue weighted by Crippen LogP contribution is 2.35. The Balaban J connectivity index is 0.00000158. The molecule has 1 amide bonds. The van der Waals surface area contributed by atoms with Crippen molar-refractivity contribution in [1.29, 1.82) is 0 Å². The molecular weight excluding hydrogens is 342 g/mol. The molecule has 0 saturated carbocycles. The number of hydrogen-bond acceptors (Lipinski definition) is 4. The summed E-state index contributed by atoms with van der Waals surface area (Å²) in [6, 6.07) is 7.88. The van der Waals surface area contributed by atoms with Crippen LogP contribution in [0.15, 0.2) is 37.4 Å². The lowest BCUT2D eigenvalue weighted by Crippen LogP contribution is -2.37. The summed E-state index contributed by atoms with van der Waals surface area (Å²) in [6.45, 7) is 13.3. The Hall–Kier alpha value is -2.74. The summed E-state index contributed by atoms with van der Waals surface area (Å²) in [5, 5.41) is 0. The smallest absolute Gasteiger partial charge is 0.414 e. The van der Waals surface area contributed by atoms with E-state index in [1.54, 1.807) is 6.92 Å². The van der Waals surface area contributed by atoms with Crippen molar-refractivity contribution in [3.05, 3.63) is 48.6 Å². The van der Waals surface area contributed by atoms with E-state index in [-0.39, 0.29) is 19.0 Å². The van der Waals surface area contributed by atoms with Crippen molar-refractivity contribution in [3.63, 3.8) is 0 Å². The average molecular weight is 373 g/mol. The Kier molecular flexibility index (Phi) is 12.1. The highest BCUT2D eigenvalue weighted by Gasteiger charge is 2.32. The van der Waals surface area contributed by atoms with Gasteiger partial charge in [-0.25, -0.2) is 4.79 Å². The molecule has 0 heterocycles. The summed E-state index contributed by atoms with van der Waals surface area (Å²) in [7, 11) is 0. The van der Waals surface area contributed by atoms with Gasteiger partial charge >= 0.3 is 12.1 Å². The zero-order valence-corrected chi connectivity index (χ0v) is 16.9. The van der Waals surface area contributed by atoms with Gasteiger partial charge in [0.05, 0.1) is 12.6 Å². The minimum Gasteiger partial charge on any atom is -0.425 e. The first-order valence-electron chi connectivity index (χ1n) is 9.24. The van der Waals surface area contributed by atoms with E-state index in [9.17, 15) is 9.59 Å². The van der Waals surface area contributed by atoms with Crippen LogP contribution in [0.25, 0.3) is 0 Å². The fourth-order valence-corrected chi connectivity index (χ4v) is 2.76. The second-order valence-corrected chi connectivity index (χ2v) is 5.38. The third kappa shape index (κ3) is 7.18. The van der Waals surface area contributed by atoms with Gasteiger partial charge in [-0.2, -0.15) is 0 Å². The molecule has 0 spiro atoms. The van der Waals surface area contributed by atoms with Crippen LogP contribution in [0.3, 0.4) is 0 Å². The average Bonchev–Trinajstić information content (AvgIpc) is 3.12.